The molecule has 0 unspecified atom stereocenters. The fourth-order valence-electron chi connectivity index (χ4n) is 0.500. The van der Waals surface area contributed by atoms with Crippen molar-refractivity contribution in [1.29, 1.82) is 0 Å². The quantitative estimate of drug-likeness (QED) is 0.404. The zero-order chi connectivity index (χ0) is 8.41. The summed E-state index contributed by atoms with van der Waals surface area (Å²) in [7, 11) is -2.17. The minimum Gasteiger partial charge on any atom is -0.402 e. The van der Waals surface area contributed by atoms with Gasteiger partial charge in [0.1, 0.15) is 0 Å². The lowest BCUT2D eigenvalue weighted by atomic mass is 10.2. The van der Waals surface area contributed by atoms with E-state index in [0.29, 0.717) is 0 Å². The Hall–Kier alpha value is -0.0551. The van der Waals surface area contributed by atoms with Gasteiger partial charge < -0.3 is 15.1 Å². The van der Waals surface area contributed by atoms with E-state index in [1.165, 1.54) is 25.7 Å². The van der Waals surface area contributed by atoms with E-state index >= 15 is 0 Å². The third-order valence-electron chi connectivity index (χ3n) is 0.957. The Morgan fingerprint density at radius 3 is 1.20 bits per heavy atom. The normalized spacial score (nSPS) is 8.10. The van der Waals surface area contributed by atoms with Gasteiger partial charge in [0.25, 0.3) is 0 Å². The molecule has 0 spiro atoms. The van der Waals surface area contributed by atoms with Crippen molar-refractivity contribution in [2.45, 2.75) is 39.5 Å². The molecule has 62 valence electrons. The summed E-state index contributed by atoms with van der Waals surface area (Å²) >= 11 is 0. The van der Waals surface area contributed by atoms with Gasteiger partial charge in [-0.05, 0) is 0 Å². The average Bonchev–Trinajstić information content (AvgIpc) is 1.82. The van der Waals surface area contributed by atoms with Crippen LogP contribution in [0.2, 0.25) is 0 Å². The number of unbranched alkanes of at least 4 members (excludes halogenated alkanes) is 3. The summed E-state index contributed by atoms with van der Waals surface area (Å²) in [5, 5.41) is 21.5. The maximum Gasteiger partial charge on any atom is 0.631 e. The van der Waals surface area contributed by atoms with E-state index in [1.54, 1.807) is 0 Å². The molecule has 10 heavy (non-hydrogen) atoms. The van der Waals surface area contributed by atoms with E-state index in [4.69, 9.17) is 15.1 Å². The van der Waals surface area contributed by atoms with Crippen LogP contribution in [-0.4, -0.2) is 22.4 Å². The standard InChI is InChI=1S/C6H14.BH3O3/c1-3-5-6-4-2;2-1(3)4/h3-6H2,1-2H3;2-4H. The third kappa shape index (κ3) is 44.2. The first-order valence-electron chi connectivity index (χ1n) is 3.69. The van der Waals surface area contributed by atoms with Gasteiger partial charge in [-0.25, -0.2) is 0 Å². The Kier molecular flexibility index (Phi) is 14.8. The molecule has 0 atom stereocenters. The molecule has 0 aromatic heterocycles. The molecule has 3 N–H and O–H groups in total. The Morgan fingerprint density at radius 2 is 1.10 bits per heavy atom. The Morgan fingerprint density at radius 1 is 0.900 bits per heavy atom. The smallest absolute Gasteiger partial charge is 0.402 e. The van der Waals surface area contributed by atoms with E-state index in [0.717, 1.165) is 0 Å². The monoisotopic (exact) mass is 148 g/mol. The predicted octanol–water partition coefficient (Wildman–Crippen LogP) is 0.535. The van der Waals surface area contributed by atoms with Crippen LogP contribution in [0.4, 0.5) is 0 Å². The van der Waals surface area contributed by atoms with Gasteiger partial charge in [-0.1, -0.05) is 39.5 Å². The van der Waals surface area contributed by atoms with Gasteiger partial charge in [0, 0.05) is 0 Å². The minimum atomic E-state index is -2.17. The number of hydrogen-bond donors (Lipinski definition) is 3. The fraction of sp³-hybridized carbons (Fsp3) is 1.00. The molecule has 0 aliphatic rings. The van der Waals surface area contributed by atoms with Crippen molar-refractivity contribution in [2.24, 2.45) is 0 Å². The van der Waals surface area contributed by atoms with Crippen molar-refractivity contribution in [3.8, 4) is 0 Å². The van der Waals surface area contributed by atoms with Crippen LogP contribution in [0, 0.1) is 0 Å². The first-order valence-corrected chi connectivity index (χ1v) is 3.69. The lowest BCUT2D eigenvalue weighted by Crippen LogP contribution is -2.07. The average molecular weight is 148 g/mol. The van der Waals surface area contributed by atoms with Crippen molar-refractivity contribution in [2.75, 3.05) is 0 Å². The Balaban J connectivity index is 0. The van der Waals surface area contributed by atoms with Crippen molar-refractivity contribution in [1.82, 2.24) is 0 Å². The molecule has 0 aliphatic carbocycles. The molecule has 0 aromatic carbocycles. The lowest BCUT2D eigenvalue weighted by molar-refractivity contribution is 0.278. The molecule has 0 aromatic rings. The van der Waals surface area contributed by atoms with E-state index in [-0.39, 0.29) is 0 Å². The minimum absolute atomic E-state index is 1.36. The fourth-order valence-corrected chi connectivity index (χ4v) is 0.500. The van der Waals surface area contributed by atoms with Gasteiger partial charge in [-0.3, -0.25) is 0 Å². The zero-order valence-electron chi connectivity index (χ0n) is 6.75. The highest BCUT2D eigenvalue weighted by molar-refractivity contribution is 6.30. The van der Waals surface area contributed by atoms with Crippen LogP contribution in [0.25, 0.3) is 0 Å². The highest BCUT2D eigenvalue weighted by Gasteiger charge is 1.92. The predicted molar refractivity (Wildman–Crippen MR) is 42.2 cm³/mol. The van der Waals surface area contributed by atoms with Crippen molar-refractivity contribution >= 4 is 7.32 Å². The molecule has 0 rings (SSSR count). The second kappa shape index (κ2) is 11.7. The summed E-state index contributed by atoms with van der Waals surface area (Å²) in [6.07, 6.45) is 5.54. The van der Waals surface area contributed by atoms with E-state index < -0.39 is 7.32 Å². The van der Waals surface area contributed by atoms with Gasteiger partial charge in [-0.15, -0.1) is 0 Å². The summed E-state index contributed by atoms with van der Waals surface area (Å²) in [6.45, 7) is 4.46. The zero-order valence-corrected chi connectivity index (χ0v) is 6.75. The molecular weight excluding hydrogens is 131 g/mol. The van der Waals surface area contributed by atoms with Crippen LogP contribution >= 0.6 is 0 Å². The third-order valence-corrected chi connectivity index (χ3v) is 0.957. The first kappa shape index (κ1) is 12.6. The number of rotatable bonds is 3. The highest BCUT2D eigenvalue weighted by atomic mass is 16.5. The van der Waals surface area contributed by atoms with Crippen molar-refractivity contribution in [3.63, 3.8) is 0 Å². The van der Waals surface area contributed by atoms with Gasteiger partial charge in [0.15, 0.2) is 0 Å². The van der Waals surface area contributed by atoms with Crippen molar-refractivity contribution < 1.29 is 15.1 Å². The lowest BCUT2D eigenvalue weighted by Gasteiger charge is -1.86. The molecule has 0 saturated carbocycles. The summed E-state index contributed by atoms with van der Waals surface area (Å²) in [5.41, 5.74) is 0. The molecule has 3 nitrogen and oxygen atoms in total. The molecule has 0 fully saturated rings. The SMILES string of the molecule is CCCCCC.OB(O)O. The van der Waals surface area contributed by atoms with Crippen LogP contribution in [0.15, 0.2) is 0 Å². The number of hydrogen-bond acceptors (Lipinski definition) is 3. The molecule has 0 heterocycles. The molecule has 0 radical (unpaired) electrons. The molecule has 0 bridgehead atoms. The van der Waals surface area contributed by atoms with E-state index in [2.05, 4.69) is 13.8 Å². The second-order valence-electron chi connectivity index (χ2n) is 2.05. The van der Waals surface area contributed by atoms with Crippen LogP contribution in [-0.2, 0) is 0 Å². The van der Waals surface area contributed by atoms with Crippen LogP contribution in [0.5, 0.6) is 0 Å². The van der Waals surface area contributed by atoms with Crippen LogP contribution in [0.1, 0.15) is 39.5 Å². The molecular formula is C6H17BO3. The second-order valence-corrected chi connectivity index (χ2v) is 2.05. The van der Waals surface area contributed by atoms with Gasteiger partial charge in [0.2, 0.25) is 0 Å². The maximum absolute atomic E-state index is 7.17. The van der Waals surface area contributed by atoms with Gasteiger partial charge in [-0.2, -0.15) is 0 Å². The molecule has 0 amide bonds. The first-order chi connectivity index (χ1) is 4.65. The van der Waals surface area contributed by atoms with Crippen LogP contribution < -0.4 is 0 Å². The molecule has 4 heteroatoms. The highest BCUT2D eigenvalue weighted by Crippen LogP contribution is 1.95. The van der Waals surface area contributed by atoms with Gasteiger partial charge in [0.05, 0.1) is 0 Å². The Labute approximate surface area is 62.9 Å². The summed E-state index contributed by atoms with van der Waals surface area (Å²) in [4.78, 5) is 0. The summed E-state index contributed by atoms with van der Waals surface area (Å²) in [6, 6.07) is 0. The van der Waals surface area contributed by atoms with E-state index in [9.17, 15) is 0 Å². The maximum atomic E-state index is 7.17. The van der Waals surface area contributed by atoms with Crippen LogP contribution in [0.3, 0.4) is 0 Å². The summed E-state index contributed by atoms with van der Waals surface area (Å²) < 4.78 is 0. The largest absolute Gasteiger partial charge is 0.631 e. The molecule has 0 aliphatic heterocycles. The van der Waals surface area contributed by atoms with Crippen molar-refractivity contribution in [3.05, 3.63) is 0 Å². The summed E-state index contributed by atoms with van der Waals surface area (Å²) in [5.74, 6) is 0. The Bertz CT molecular complexity index is 43.5. The van der Waals surface area contributed by atoms with Gasteiger partial charge >= 0.3 is 7.32 Å². The van der Waals surface area contributed by atoms with E-state index in [1.807, 2.05) is 0 Å². The topological polar surface area (TPSA) is 60.7 Å². The molecule has 0 saturated heterocycles.